The van der Waals surface area contributed by atoms with Gasteiger partial charge in [0.05, 0.1) is 0 Å². The molecule has 0 saturated heterocycles. The van der Waals surface area contributed by atoms with Crippen LogP contribution in [0.4, 0.5) is 11.4 Å². The van der Waals surface area contributed by atoms with Crippen molar-refractivity contribution in [2.75, 3.05) is 10.6 Å². The average Bonchev–Trinajstić information content (AvgIpc) is 2.85. The van der Waals surface area contributed by atoms with E-state index in [-0.39, 0.29) is 11.8 Å². The molecular weight excluding hydrogens is 444 g/mol. The quantitative estimate of drug-likeness (QED) is 0.139. The number of benzene rings is 1. The summed E-state index contributed by atoms with van der Waals surface area (Å²) in [6.45, 7) is 4.27. The molecule has 1 aromatic carbocycles. The van der Waals surface area contributed by atoms with Crippen LogP contribution in [0.25, 0.3) is 0 Å². The van der Waals surface area contributed by atoms with Gasteiger partial charge in [0, 0.05) is 24.2 Å². The Balaban J connectivity index is 1.88. The second kappa shape index (κ2) is 23.6. The molecule has 0 saturated carbocycles. The highest BCUT2D eigenvalue weighted by Gasteiger charge is 2.05. The van der Waals surface area contributed by atoms with Crippen LogP contribution in [0.1, 0.15) is 155 Å². The molecule has 0 atom stereocenters. The smallest absolute Gasteiger partial charge is 0.224 e. The monoisotopic (exact) mass is 500 g/mol. The van der Waals surface area contributed by atoms with Crippen molar-refractivity contribution < 1.29 is 9.59 Å². The second-order valence-electron chi connectivity index (χ2n) is 10.5. The van der Waals surface area contributed by atoms with Crippen molar-refractivity contribution in [2.24, 2.45) is 0 Å². The molecule has 0 spiro atoms. The van der Waals surface area contributed by atoms with Crippen LogP contribution in [0.2, 0.25) is 0 Å². The Labute approximate surface area is 222 Å². The first-order valence-electron chi connectivity index (χ1n) is 15.4. The largest absolute Gasteiger partial charge is 0.326 e. The molecule has 0 bridgehead atoms. The van der Waals surface area contributed by atoms with Gasteiger partial charge in [-0.25, -0.2) is 0 Å². The van der Waals surface area contributed by atoms with Gasteiger partial charge in [0.15, 0.2) is 0 Å². The molecule has 2 N–H and O–H groups in total. The number of carbonyl (C=O) groups is 2. The first-order valence-corrected chi connectivity index (χ1v) is 15.4. The van der Waals surface area contributed by atoms with Gasteiger partial charge in [0.2, 0.25) is 11.8 Å². The van der Waals surface area contributed by atoms with Crippen LogP contribution in [0.3, 0.4) is 0 Å². The zero-order chi connectivity index (χ0) is 26.1. The summed E-state index contributed by atoms with van der Waals surface area (Å²) in [5.74, 6) is 0.0640. The molecule has 4 nitrogen and oxygen atoms in total. The van der Waals surface area contributed by atoms with Crippen LogP contribution in [0.5, 0.6) is 0 Å². The van der Waals surface area contributed by atoms with E-state index in [2.05, 4.69) is 17.6 Å². The highest BCUT2D eigenvalue weighted by Crippen LogP contribution is 2.17. The highest BCUT2D eigenvalue weighted by molar-refractivity contribution is 5.94. The van der Waals surface area contributed by atoms with E-state index in [1.165, 1.54) is 109 Å². The molecule has 0 unspecified atom stereocenters. The molecule has 0 aliphatic rings. The van der Waals surface area contributed by atoms with Gasteiger partial charge in [-0.15, -0.1) is 0 Å². The third kappa shape index (κ3) is 19.4. The van der Waals surface area contributed by atoms with Gasteiger partial charge in [0.1, 0.15) is 0 Å². The van der Waals surface area contributed by atoms with Crippen LogP contribution in [-0.4, -0.2) is 11.8 Å². The van der Waals surface area contributed by atoms with Crippen molar-refractivity contribution in [3.8, 4) is 0 Å². The van der Waals surface area contributed by atoms with Crippen LogP contribution in [-0.2, 0) is 9.59 Å². The van der Waals surface area contributed by atoms with Gasteiger partial charge in [-0.2, -0.15) is 0 Å². The Morgan fingerprint density at radius 1 is 0.500 bits per heavy atom. The Bertz CT molecular complexity index is 674. The van der Waals surface area contributed by atoms with E-state index >= 15 is 0 Å². The predicted molar refractivity (Wildman–Crippen MR) is 157 cm³/mol. The van der Waals surface area contributed by atoms with Crippen molar-refractivity contribution in [2.45, 2.75) is 155 Å². The highest BCUT2D eigenvalue weighted by atomic mass is 16.2. The van der Waals surface area contributed by atoms with Gasteiger partial charge >= 0.3 is 0 Å². The van der Waals surface area contributed by atoms with E-state index < -0.39 is 0 Å². The molecule has 1 aromatic rings. The van der Waals surface area contributed by atoms with Gasteiger partial charge in [-0.3, -0.25) is 9.59 Å². The van der Waals surface area contributed by atoms with Gasteiger partial charge < -0.3 is 10.6 Å². The van der Waals surface area contributed by atoms with Crippen LogP contribution >= 0.6 is 0 Å². The summed E-state index contributed by atoms with van der Waals surface area (Å²) in [7, 11) is 0. The Morgan fingerprint density at radius 2 is 0.861 bits per heavy atom. The lowest BCUT2D eigenvalue weighted by Crippen LogP contribution is -2.13. The summed E-state index contributed by atoms with van der Waals surface area (Å²) < 4.78 is 0. The number of amides is 2. The molecule has 0 radical (unpaired) electrons. The topological polar surface area (TPSA) is 58.2 Å². The van der Waals surface area contributed by atoms with Crippen LogP contribution in [0.15, 0.2) is 24.3 Å². The van der Waals surface area contributed by atoms with Gasteiger partial charge in [0.25, 0.3) is 0 Å². The molecule has 0 aliphatic carbocycles. The summed E-state index contributed by atoms with van der Waals surface area (Å²) in [6.07, 6.45) is 27.7. The lowest BCUT2D eigenvalue weighted by atomic mass is 10.0. The minimum Gasteiger partial charge on any atom is -0.326 e. The molecule has 206 valence electrons. The van der Waals surface area contributed by atoms with Crippen LogP contribution in [0, 0.1) is 0 Å². The maximum atomic E-state index is 12.2. The molecule has 0 heterocycles. The number of unbranched alkanes of at least 4 members (excludes halogenated alkanes) is 18. The summed E-state index contributed by atoms with van der Waals surface area (Å²) >= 11 is 0. The molecule has 0 aromatic heterocycles. The molecule has 0 aliphatic heterocycles. The normalized spacial score (nSPS) is 10.9. The number of hydrogen-bond acceptors (Lipinski definition) is 2. The first-order chi connectivity index (χ1) is 17.7. The number of carbonyl (C=O) groups excluding carboxylic acids is 2. The van der Waals surface area contributed by atoms with Crippen molar-refractivity contribution in [3.05, 3.63) is 24.3 Å². The van der Waals surface area contributed by atoms with Crippen LogP contribution < -0.4 is 10.6 Å². The van der Waals surface area contributed by atoms with Crippen molar-refractivity contribution >= 4 is 23.2 Å². The maximum Gasteiger partial charge on any atom is 0.224 e. The zero-order valence-corrected chi connectivity index (χ0v) is 23.7. The fraction of sp³-hybridized carbons (Fsp3) is 0.750. The van der Waals surface area contributed by atoms with Crippen molar-refractivity contribution in [1.82, 2.24) is 0 Å². The van der Waals surface area contributed by atoms with Gasteiger partial charge in [-0.1, -0.05) is 135 Å². The standard InChI is InChI=1S/C32H56N2O2/c1-3-5-6-7-8-9-10-11-12-13-14-15-16-17-18-19-20-21-22-27-32(36)34-30-26-23-25-29(28-30)33-31(35)24-4-2/h23,25-26,28H,3-22,24,27H2,1-2H3,(H,33,35)(H,34,36). The minimum atomic E-state index is 0.00932. The van der Waals surface area contributed by atoms with E-state index in [9.17, 15) is 9.59 Å². The fourth-order valence-electron chi connectivity index (χ4n) is 4.71. The van der Waals surface area contributed by atoms with E-state index in [0.717, 1.165) is 30.6 Å². The summed E-state index contributed by atoms with van der Waals surface area (Å²) in [5.41, 5.74) is 1.47. The minimum absolute atomic E-state index is 0.00932. The number of anilines is 2. The number of nitrogens with one attached hydrogen (secondary N) is 2. The van der Waals surface area contributed by atoms with Crippen molar-refractivity contribution in [3.63, 3.8) is 0 Å². The van der Waals surface area contributed by atoms with E-state index in [1.54, 1.807) is 0 Å². The number of rotatable bonds is 24. The summed E-state index contributed by atoms with van der Waals surface area (Å²) in [5, 5.41) is 5.83. The molecule has 36 heavy (non-hydrogen) atoms. The zero-order valence-electron chi connectivity index (χ0n) is 23.7. The number of hydrogen-bond donors (Lipinski definition) is 2. The lowest BCUT2D eigenvalue weighted by Gasteiger charge is -2.09. The molecule has 4 heteroatoms. The SMILES string of the molecule is CCCCCCCCCCCCCCCCCCCCCC(=O)Nc1cccc(NC(=O)CCC)c1. The maximum absolute atomic E-state index is 12.2. The van der Waals surface area contributed by atoms with E-state index in [4.69, 9.17) is 0 Å². The van der Waals surface area contributed by atoms with Crippen molar-refractivity contribution in [1.29, 1.82) is 0 Å². The molecule has 1 rings (SSSR count). The third-order valence-corrected chi connectivity index (χ3v) is 6.91. The summed E-state index contributed by atoms with van der Waals surface area (Å²) in [4.78, 5) is 24.0. The fourth-order valence-corrected chi connectivity index (χ4v) is 4.71. The molecule has 2 amide bonds. The molecular formula is C32H56N2O2. The Hall–Kier alpha value is -1.84. The molecule has 0 fully saturated rings. The van der Waals surface area contributed by atoms with E-state index in [1.807, 2.05) is 31.2 Å². The lowest BCUT2D eigenvalue weighted by molar-refractivity contribution is -0.117. The second-order valence-corrected chi connectivity index (χ2v) is 10.5. The third-order valence-electron chi connectivity index (χ3n) is 6.91. The average molecular weight is 501 g/mol. The predicted octanol–water partition coefficient (Wildman–Crippen LogP) is 10.2. The van der Waals surface area contributed by atoms with E-state index in [0.29, 0.717) is 12.8 Å². The summed E-state index contributed by atoms with van der Waals surface area (Å²) in [6, 6.07) is 7.39. The Morgan fingerprint density at radius 3 is 1.25 bits per heavy atom. The Kier molecular flexibility index (Phi) is 21.1. The van der Waals surface area contributed by atoms with Gasteiger partial charge in [-0.05, 0) is 31.0 Å². The first kappa shape index (κ1) is 32.2.